The Kier molecular flexibility index (Phi) is 15.4. The largest absolute Gasteiger partial charge is 0.479 e. The first-order valence-electron chi connectivity index (χ1n) is 10.7. The number of hydrogen-bond donors (Lipinski definition) is 15. The first kappa shape index (κ1) is 38.3. The summed E-state index contributed by atoms with van der Waals surface area (Å²) in [6.07, 6.45) is -26.2. The van der Waals surface area contributed by atoms with Gasteiger partial charge in [0.1, 0.15) is 54.9 Å². The molecule has 3 heterocycles. The number of hydrogen-bond acceptors (Lipinski definition) is 18. The molecule has 3 rings (SSSR count). The summed E-state index contributed by atoms with van der Waals surface area (Å²) in [6, 6.07) is 0. The van der Waals surface area contributed by atoms with Gasteiger partial charge in [0, 0.05) is 17.1 Å². The smallest absolute Gasteiger partial charge is 0.335 e. The topological polar surface area (TPSA) is 382 Å². The van der Waals surface area contributed by atoms with Gasteiger partial charge in [-0.15, -0.1) is 0 Å². The van der Waals surface area contributed by atoms with Crippen molar-refractivity contribution in [2.45, 2.75) is 92.1 Å². The summed E-state index contributed by atoms with van der Waals surface area (Å²) in [5, 5.41) is 133. The van der Waals surface area contributed by atoms with Crippen LogP contribution in [-0.2, 0) is 45.7 Å². The second-order valence-electron chi connectivity index (χ2n) is 8.27. The molecule has 3 saturated heterocycles. The SMILES string of the molecule is O=C(O)C1OC(O)C(O)C(O)C1O.O=C(O)C1OC(O)C(O)C(O)C1O.O=C(O)C1OC(O)C(O)C(O)C1O.[Fe]. The molecule has 22 heteroatoms. The maximum atomic E-state index is 10.4. The van der Waals surface area contributed by atoms with Gasteiger partial charge in [-0.2, -0.15) is 0 Å². The number of aliphatic hydroxyl groups is 12. The molecule has 3 aliphatic rings. The van der Waals surface area contributed by atoms with Gasteiger partial charge in [0.25, 0.3) is 0 Å². The Morgan fingerprint density at radius 2 is 0.525 bits per heavy atom. The van der Waals surface area contributed by atoms with Crippen LogP contribution in [-0.4, -0.2) is 187 Å². The molecule has 40 heavy (non-hydrogen) atoms. The average Bonchev–Trinajstić information content (AvgIpc) is 2.86. The molecule has 0 saturated carbocycles. The van der Waals surface area contributed by atoms with Gasteiger partial charge in [0.05, 0.1) is 0 Å². The molecule has 3 aliphatic heterocycles. The molecule has 236 valence electrons. The van der Waals surface area contributed by atoms with Crippen molar-refractivity contribution in [1.29, 1.82) is 0 Å². The third-order valence-corrected chi connectivity index (χ3v) is 5.49. The molecule has 0 aromatic carbocycles. The zero-order valence-electron chi connectivity index (χ0n) is 19.7. The molecule has 0 aromatic heterocycles. The van der Waals surface area contributed by atoms with E-state index in [2.05, 4.69) is 14.2 Å². The van der Waals surface area contributed by atoms with E-state index in [4.69, 9.17) is 76.6 Å². The first-order valence-corrected chi connectivity index (χ1v) is 10.7. The Morgan fingerprint density at radius 3 is 0.675 bits per heavy atom. The fourth-order valence-electron chi connectivity index (χ4n) is 3.20. The zero-order chi connectivity index (χ0) is 30.5. The van der Waals surface area contributed by atoms with Gasteiger partial charge in [0.2, 0.25) is 0 Å². The van der Waals surface area contributed by atoms with Gasteiger partial charge in [-0.25, -0.2) is 14.4 Å². The van der Waals surface area contributed by atoms with Gasteiger partial charge < -0.3 is 90.8 Å². The van der Waals surface area contributed by atoms with Crippen LogP contribution in [0.15, 0.2) is 0 Å². The normalized spacial score (nSPS) is 44.9. The van der Waals surface area contributed by atoms with Crippen LogP contribution in [0.5, 0.6) is 0 Å². The number of carboxylic acid groups (broad SMARTS) is 3. The van der Waals surface area contributed by atoms with Crippen LogP contribution in [0.3, 0.4) is 0 Å². The van der Waals surface area contributed by atoms with Crippen molar-refractivity contribution in [3.05, 3.63) is 0 Å². The predicted molar refractivity (Wildman–Crippen MR) is 110 cm³/mol. The minimum Gasteiger partial charge on any atom is -0.479 e. The van der Waals surface area contributed by atoms with E-state index >= 15 is 0 Å². The molecule has 0 aromatic rings. The quantitative estimate of drug-likeness (QED) is 0.128. The number of rotatable bonds is 3. The molecule has 0 bridgehead atoms. The molecule has 0 amide bonds. The van der Waals surface area contributed by atoms with Crippen LogP contribution >= 0.6 is 0 Å². The van der Waals surface area contributed by atoms with Crippen LogP contribution in [0.2, 0.25) is 0 Å². The van der Waals surface area contributed by atoms with Crippen LogP contribution < -0.4 is 0 Å². The van der Waals surface area contributed by atoms with Crippen molar-refractivity contribution >= 4 is 17.9 Å². The van der Waals surface area contributed by atoms with E-state index in [1.165, 1.54) is 0 Å². The van der Waals surface area contributed by atoms with E-state index in [0.29, 0.717) is 0 Å². The number of ether oxygens (including phenoxy) is 3. The summed E-state index contributed by atoms with van der Waals surface area (Å²) in [6.45, 7) is 0. The first-order chi connectivity index (χ1) is 17.8. The molecule has 0 aliphatic carbocycles. The molecule has 15 N–H and O–H groups in total. The number of carboxylic acids is 3. The Hall–Kier alpha value is -1.67. The molecule has 3 fully saturated rings. The van der Waals surface area contributed by atoms with E-state index in [1.54, 1.807) is 0 Å². The van der Waals surface area contributed by atoms with E-state index < -0.39 is 110 Å². The molecule has 15 atom stereocenters. The van der Waals surface area contributed by atoms with Crippen molar-refractivity contribution in [3.63, 3.8) is 0 Å². The van der Waals surface area contributed by atoms with Gasteiger partial charge in [-0.3, -0.25) is 0 Å². The molecule has 21 nitrogen and oxygen atoms in total. The van der Waals surface area contributed by atoms with Crippen LogP contribution in [0.4, 0.5) is 0 Å². The summed E-state index contributed by atoms with van der Waals surface area (Å²) in [5.74, 6) is -4.55. The van der Waals surface area contributed by atoms with Crippen molar-refractivity contribution in [3.8, 4) is 0 Å². The van der Waals surface area contributed by atoms with Crippen molar-refractivity contribution in [2.75, 3.05) is 0 Å². The average molecular weight is 638 g/mol. The van der Waals surface area contributed by atoms with E-state index in [-0.39, 0.29) is 17.1 Å². The summed E-state index contributed by atoms with van der Waals surface area (Å²) in [5.41, 5.74) is 0. The molecule has 0 spiro atoms. The Labute approximate surface area is 232 Å². The summed E-state index contributed by atoms with van der Waals surface area (Å²) in [7, 11) is 0. The van der Waals surface area contributed by atoms with Gasteiger partial charge in [-0.05, 0) is 0 Å². The minimum absolute atomic E-state index is 0. The van der Waals surface area contributed by atoms with Crippen molar-refractivity contribution in [2.24, 2.45) is 0 Å². The molecule has 0 radical (unpaired) electrons. The van der Waals surface area contributed by atoms with Gasteiger partial charge in [0.15, 0.2) is 37.2 Å². The standard InChI is InChI=1S/3C6H10O7.Fe/c3*7-1-2(8)4(5(10)11)13-6(12)3(1)9;/h3*1-4,6-9,12H,(H,10,11);. The number of carbonyl (C=O) groups is 3. The third kappa shape index (κ3) is 9.17. The number of aliphatic hydroxyl groups excluding tert-OH is 12. The monoisotopic (exact) mass is 638 g/mol. The summed E-state index contributed by atoms with van der Waals surface area (Å²) >= 11 is 0. The van der Waals surface area contributed by atoms with E-state index in [0.717, 1.165) is 0 Å². The maximum Gasteiger partial charge on any atom is 0.335 e. The molecular formula is C18H30FeO21. The third-order valence-electron chi connectivity index (χ3n) is 5.49. The second kappa shape index (κ2) is 16.1. The minimum atomic E-state index is -1.81. The van der Waals surface area contributed by atoms with Crippen molar-refractivity contribution < 1.29 is 122 Å². The summed E-state index contributed by atoms with van der Waals surface area (Å²) in [4.78, 5) is 31.1. The maximum absolute atomic E-state index is 10.4. The number of aliphatic carboxylic acids is 3. The fourth-order valence-corrected chi connectivity index (χ4v) is 3.20. The van der Waals surface area contributed by atoms with Gasteiger partial charge >= 0.3 is 17.9 Å². The second-order valence-corrected chi connectivity index (χ2v) is 8.27. The van der Waals surface area contributed by atoms with E-state index in [9.17, 15) is 14.4 Å². The Bertz CT molecular complexity index is 727. The fraction of sp³-hybridized carbons (Fsp3) is 0.833. The zero-order valence-corrected chi connectivity index (χ0v) is 20.8. The Balaban J connectivity index is 0.000000563. The molecule has 15 unspecified atom stereocenters. The summed E-state index contributed by atoms with van der Waals surface area (Å²) < 4.78 is 13.0. The molecular weight excluding hydrogens is 608 g/mol. The van der Waals surface area contributed by atoms with E-state index in [1.807, 2.05) is 0 Å². The van der Waals surface area contributed by atoms with Crippen molar-refractivity contribution in [1.82, 2.24) is 0 Å². The Morgan fingerprint density at radius 1 is 0.350 bits per heavy atom. The van der Waals surface area contributed by atoms with Gasteiger partial charge in [-0.1, -0.05) is 0 Å². The predicted octanol–water partition coefficient (Wildman–Crippen LogP) is -9.39. The van der Waals surface area contributed by atoms with Crippen LogP contribution in [0.1, 0.15) is 0 Å². The van der Waals surface area contributed by atoms with Crippen LogP contribution in [0, 0.1) is 0 Å². The van der Waals surface area contributed by atoms with Crippen LogP contribution in [0.25, 0.3) is 0 Å².